The van der Waals surface area contributed by atoms with Crippen molar-refractivity contribution in [3.63, 3.8) is 0 Å². The molecule has 2 heteroatoms. The fourth-order valence-electron chi connectivity index (χ4n) is 3.84. The lowest BCUT2D eigenvalue weighted by molar-refractivity contribution is 0.0567. The summed E-state index contributed by atoms with van der Waals surface area (Å²) >= 11 is 0. The van der Waals surface area contributed by atoms with E-state index in [2.05, 4.69) is 48.0 Å². The molecule has 2 heterocycles. The number of piperidine rings is 1. The maximum absolute atomic E-state index is 2.78. The molecule has 0 radical (unpaired) electrons. The summed E-state index contributed by atoms with van der Waals surface area (Å²) in [6.07, 6.45) is 5.51. The van der Waals surface area contributed by atoms with Crippen LogP contribution in [0.4, 0.5) is 0 Å². The van der Waals surface area contributed by atoms with Gasteiger partial charge in [0.15, 0.2) is 0 Å². The average molecular weight is 258 g/mol. The predicted octanol–water partition coefficient (Wildman–Crippen LogP) is 3.06. The fraction of sp³-hybridized carbons (Fsp3) is 0.647. The monoisotopic (exact) mass is 258 g/mol. The van der Waals surface area contributed by atoms with Gasteiger partial charge in [-0.2, -0.15) is 0 Å². The number of benzene rings is 1. The Balaban J connectivity index is 1.75. The highest BCUT2D eigenvalue weighted by atomic mass is 15.2. The van der Waals surface area contributed by atoms with Crippen LogP contribution in [0.25, 0.3) is 0 Å². The van der Waals surface area contributed by atoms with Gasteiger partial charge >= 0.3 is 0 Å². The first-order valence-electron chi connectivity index (χ1n) is 7.68. The average Bonchev–Trinajstić information content (AvgIpc) is 2.79. The summed E-state index contributed by atoms with van der Waals surface area (Å²) in [6.45, 7) is 7.22. The van der Waals surface area contributed by atoms with Crippen molar-refractivity contribution in [2.45, 2.75) is 44.7 Å². The lowest BCUT2D eigenvalue weighted by Gasteiger charge is -2.44. The number of nitrogens with zero attached hydrogens (tertiary/aromatic N) is 2. The molecule has 0 amide bonds. The minimum atomic E-state index is 0.509. The molecule has 0 aromatic heterocycles. The van der Waals surface area contributed by atoms with Crippen LogP contribution in [0.5, 0.6) is 0 Å². The van der Waals surface area contributed by atoms with E-state index in [1.807, 2.05) is 0 Å². The van der Waals surface area contributed by atoms with E-state index >= 15 is 0 Å². The Labute approximate surface area is 117 Å². The summed E-state index contributed by atoms with van der Waals surface area (Å²) in [4.78, 5) is 5.26. The predicted molar refractivity (Wildman–Crippen MR) is 80.3 cm³/mol. The van der Waals surface area contributed by atoms with E-state index in [4.69, 9.17) is 0 Å². The molecule has 3 rings (SSSR count). The highest BCUT2D eigenvalue weighted by molar-refractivity contribution is 5.26. The van der Waals surface area contributed by atoms with Crippen LogP contribution in [-0.2, 0) is 6.54 Å². The fourth-order valence-corrected chi connectivity index (χ4v) is 3.84. The second kappa shape index (κ2) is 5.26. The van der Waals surface area contributed by atoms with Gasteiger partial charge in [-0.05, 0) is 70.4 Å². The molecular weight excluding hydrogens is 232 g/mol. The summed E-state index contributed by atoms with van der Waals surface area (Å²) in [5, 5.41) is 0. The molecular formula is C17H26N2. The number of hydrogen-bond donors (Lipinski definition) is 0. The van der Waals surface area contributed by atoms with Crippen molar-refractivity contribution in [2.24, 2.45) is 0 Å². The summed E-state index contributed by atoms with van der Waals surface area (Å²) < 4.78 is 0. The molecule has 1 aromatic carbocycles. The minimum absolute atomic E-state index is 0.509. The van der Waals surface area contributed by atoms with E-state index in [0.717, 1.165) is 6.54 Å². The lowest BCUT2D eigenvalue weighted by Crippen LogP contribution is -2.50. The SMILES string of the molecule is Cc1ccccc1CN1CCCC12CCN(C)CC2. The van der Waals surface area contributed by atoms with Crippen molar-refractivity contribution in [3.05, 3.63) is 35.4 Å². The van der Waals surface area contributed by atoms with Crippen molar-refractivity contribution in [1.82, 2.24) is 9.80 Å². The van der Waals surface area contributed by atoms with Crippen molar-refractivity contribution in [2.75, 3.05) is 26.7 Å². The summed E-state index contributed by atoms with van der Waals surface area (Å²) in [7, 11) is 2.26. The van der Waals surface area contributed by atoms with Gasteiger partial charge in [-0.15, -0.1) is 0 Å². The van der Waals surface area contributed by atoms with E-state index in [1.54, 1.807) is 0 Å². The van der Waals surface area contributed by atoms with Crippen molar-refractivity contribution in [1.29, 1.82) is 0 Å². The molecule has 1 aromatic rings. The van der Waals surface area contributed by atoms with Crippen LogP contribution in [0.15, 0.2) is 24.3 Å². The second-order valence-corrected chi connectivity index (χ2v) is 6.48. The molecule has 0 unspecified atom stereocenters. The number of likely N-dealkylation sites (tertiary alicyclic amines) is 2. The number of aryl methyl sites for hydroxylation is 1. The van der Waals surface area contributed by atoms with Crippen molar-refractivity contribution in [3.8, 4) is 0 Å². The van der Waals surface area contributed by atoms with E-state index in [-0.39, 0.29) is 0 Å². The Morgan fingerprint density at radius 3 is 2.53 bits per heavy atom. The molecule has 2 aliphatic heterocycles. The minimum Gasteiger partial charge on any atom is -0.306 e. The maximum atomic E-state index is 2.78. The largest absolute Gasteiger partial charge is 0.306 e. The summed E-state index contributed by atoms with van der Waals surface area (Å²) in [5.74, 6) is 0. The van der Waals surface area contributed by atoms with Crippen LogP contribution in [-0.4, -0.2) is 42.0 Å². The van der Waals surface area contributed by atoms with Gasteiger partial charge < -0.3 is 4.90 Å². The lowest BCUT2D eigenvalue weighted by atomic mass is 9.85. The van der Waals surface area contributed by atoms with Crippen molar-refractivity contribution < 1.29 is 0 Å². The maximum Gasteiger partial charge on any atom is 0.0241 e. The molecule has 2 nitrogen and oxygen atoms in total. The highest BCUT2D eigenvalue weighted by Gasteiger charge is 2.42. The van der Waals surface area contributed by atoms with Crippen LogP contribution >= 0.6 is 0 Å². The first kappa shape index (κ1) is 13.1. The Morgan fingerprint density at radius 2 is 1.79 bits per heavy atom. The molecule has 0 saturated carbocycles. The van der Waals surface area contributed by atoms with Gasteiger partial charge in [-0.25, -0.2) is 0 Å². The van der Waals surface area contributed by atoms with Crippen LogP contribution in [0.1, 0.15) is 36.8 Å². The molecule has 0 atom stereocenters. The smallest absolute Gasteiger partial charge is 0.0241 e. The third-order valence-corrected chi connectivity index (χ3v) is 5.28. The van der Waals surface area contributed by atoms with E-state index in [1.165, 1.54) is 56.4 Å². The van der Waals surface area contributed by atoms with Gasteiger partial charge in [0, 0.05) is 12.1 Å². The molecule has 0 aliphatic carbocycles. The summed E-state index contributed by atoms with van der Waals surface area (Å²) in [5.41, 5.74) is 3.47. The Kier molecular flexibility index (Phi) is 3.64. The molecule has 2 fully saturated rings. The van der Waals surface area contributed by atoms with E-state index in [0.29, 0.717) is 5.54 Å². The van der Waals surface area contributed by atoms with Gasteiger partial charge in [0.05, 0.1) is 0 Å². The van der Waals surface area contributed by atoms with Crippen molar-refractivity contribution >= 4 is 0 Å². The Bertz CT molecular complexity index is 433. The standard InChI is InChI=1S/C17H26N2/c1-15-6-3-4-7-16(15)14-19-11-5-8-17(19)9-12-18(2)13-10-17/h3-4,6-7H,5,8-14H2,1-2H3. The van der Waals surface area contributed by atoms with Crippen LogP contribution in [0, 0.1) is 6.92 Å². The normalized spacial score (nSPS) is 24.1. The topological polar surface area (TPSA) is 6.48 Å². The molecule has 104 valence electrons. The van der Waals surface area contributed by atoms with Gasteiger partial charge in [-0.3, -0.25) is 4.90 Å². The third kappa shape index (κ3) is 2.56. The zero-order chi connectivity index (χ0) is 13.3. The second-order valence-electron chi connectivity index (χ2n) is 6.48. The molecule has 2 aliphatic rings. The Morgan fingerprint density at radius 1 is 1.05 bits per heavy atom. The van der Waals surface area contributed by atoms with E-state index < -0.39 is 0 Å². The third-order valence-electron chi connectivity index (χ3n) is 5.28. The molecule has 19 heavy (non-hydrogen) atoms. The molecule has 2 saturated heterocycles. The first-order chi connectivity index (χ1) is 9.20. The summed E-state index contributed by atoms with van der Waals surface area (Å²) in [6, 6.07) is 8.87. The number of hydrogen-bond acceptors (Lipinski definition) is 2. The van der Waals surface area contributed by atoms with Gasteiger partial charge in [-0.1, -0.05) is 24.3 Å². The Hall–Kier alpha value is -0.860. The highest BCUT2D eigenvalue weighted by Crippen LogP contribution is 2.39. The molecule has 0 bridgehead atoms. The zero-order valence-corrected chi connectivity index (χ0v) is 12.4. The quantitative estimate of drug-likeness (QED) is 0.804. The first-order valence-corrected chi connectivity index (χ1v) is 7.68. The van der Waals surface area contributed by atoms with Crippen LogP contribution in [0.3, 0.4) is 0 Å². The van der Waals surface area contributed by atoms with Crippen LogP contribution in [0.2, 0.25) is 0 Å². The number of rotatable bonds is 2. The van der Waals surface area contributed by atoms with Gasteiger partial charge in [0.1, 0.15) is 0 Å². The van der Waals surface area contributed by atoms with Gasteiger partial charge in [0.2, 0.25) is 0 Å². The molecule has 1 spiro atoms. The zero-order valence-electron chi connectivity index (χ0n) is 12.4. The molecule has 0 N–H and O–H groups in total. The van der Waals surface area contributed by atoms with Crippen LogP contribution < -0.4 is 0 Å². The van der Waals surface area contributed by atoms with E-state index in [9.17, 15) is 0 Å². The van der Waals surface area contributed by atoms with Gasteiger partial charge in [0.25, 0.3) is 0 Å².